The monoisotopic (exact) mass is 315 g/mol. The zero-order valence-corrected chi connectivity index (χ0v) is 14.2. The van der Waals surface area contributed by atoms with E-state index in [4.69, 9.17) is 0 Å². The van der Waals surface area contributed by atoms with Gasteiger partial charge in [-0.25, -0.2) is 9.97 Å². The van der Waals surface area contributed by atoms with Gasteiger partial charge >= 0.3 is 0 Å². The normalized spacial score (nSPS) is 10.7. The third-order valence-electron chi connectivity index (χ3n) is 4.23. The molecule has 1 radical (unpaired) electrons. The first-order chi connectivity index (χ1) is 11.9. The summed E-state index contributed by atoms with van der Waals surface area (Å²) in [6, 6.07) is 19.5. The molecule has 0 aliphatic rings. The number of unbranched alkanes of at least 4 members (excludes halogenated alkanes) is 3. The molecular weight excluding hydrogens is 292 g/mol. The van der Waals surface area contributed by atoms with E-state index in [0.717, 1.165) is 17.0 Å². The standard InChI is InChI=1S/C22H23N2/c1-2-3-4-6-9-18-12-14-19(15-13-18)21-16-23-22(24-17-21)20-10-7-5-8-11-20/h7-8,10-17H,2-4,6,9H2,1H3. The van der Waals surface area contributed by atoms with Gasteiger partial charge < -0.3 is 0 Å². The molecular formula is C22H23N2. The highest BCUT2D eigenvalue weighted by atomic mass is 14.9. The summed E-state index contributed by atoms with van der Waals surface area (Å²) in [6.45, 7) is 2.25. The smallest absolute Gasteiger partial charge is 0.159 e. The Hall–Kier alpha value is -2.48. The Labute approximate surface area is 144 Å². The number of hydrogen-bond donors (Lipinski definition) is 0. The maximum Gasteiger partial charge on any atom is 0.159 e. The summed E-state index contributed by atoms with van der Waals surface area (Å²) in [7, 11) is 0. The van der Waals surface area contributed by atoms with E-state index in [1.165, 1.54) is 43.2 Å². The SMILES string of the molecule is CCCCCCc1ccc(-c2cnc(-c3cc[c]cc3)nc2)cc1. The lowest BCUT2D eigenvalue weighted by molar-refractivity contribution is 0.667. The van der Waals surface area contributed by atoms with E-state index in [0.29, 0.717) is 0 Å². The zero-order chi connectivity index (χ0) is 16.6. The van der Waals surface area contributed by atoms with E-state index in [-0.39, 0.29) is 0 Å². The van der Waals surface area contributed by atoms with E-state index < -0.39 is 0 Å². The van der Waals surface area contributed by atoms with E-state index >= 15 is 0 Å². The fourth-order valence-corrected chi connectivity index (χ4v) is 2.78. The second-order valence-corrected chi connectivity index (χ2v) is 6.09. The van der Waals surface area contributed by atoms with Gasteiger partial charge in [0.15, 0.2) is 5.82 Å². The summed E-state index contributed by atoms with van der Waals surface area (Å²) >= 11 is 0. The van der Waals surface area contributed by atoms with Crippen molar-refractivity contribution in [2.45, 2.75) is 39.0 Å². The average Bonchev–Trinajstić information content (AvgIpc) is 2.67. The van der Waals surface area contributed by atoms with Crippen molar-refractivity contribution in [3.05, 3.63) is 72.6 Å². The summed E-state index contributed by atoms with van der Waals surface area (Å²) in [5, 5.41) is 0. The van der Waals surface area contributed by atoms with Crippen molar-refractivity contribution in [1.29, 1.82) is 0 Å². The van der Waals surface area contributed by atoms with Gasteiger partial charge in [0, 0.05) is 23.5 Å². The van der Waals surface area contributed by atoms with Crippen LogP contribution in [0.5, 0.6) is 0 Å². The van der Waals surface area contributed by atoms with Crippen molar-refractivity contribution >= 4 is 0 Å². The molecule has 0 aliphatic carbocycles. The van der Waals surface area contributed by atoms with Crippen LogP contribution in [0.3, 0.4) is 0 Å². The molecule has 0 saturated carbocycles. The van der Waals surface area contributed by atoms with Crippen molar-refractivity contribution in [3.63, 3.8) is 0 Å². The molecule has 0 atom stereocenters. The van der Waals surface area contributed by atoms with Gasteiger partial charge in [0.05, 0.1) is 0 Å². The first-order valence-corrected chi connectivity index (χ1v) is 8.74. The molecule has 3 aromatic rings. The average molecular weight is 315 g/mol. The summed E-state index contributed by atoms with van der Waals surface area (Å²) in [5.74, 6) is 0.750. The first-order valence-electron chi connectivity index (χ1n) is 8.74. The molecule has 0 N–H and O–H groups in total. The minimum absolute atomic E-state index is 0.750. The summed E-state index contributed by atoms with van der Waals surface area (Å²) in [4.78, 5) is 8.99. The topological polar surface area (TPSA) is 25.8 Å². The fourth-order valence-electron chi connectivity index (χ4n) is 2.78. The first kappa shape index (κ1) is 16.4. The van der Waals surface area contributed by atoms with Crippen LogP contribution in [-0.4, -0.2) is 9.97 Å². The zero-order valence-electron chi connectivity index (χ0n) is 14.2. The number of aryl methyl sites for hydroxylation is 1. The van der Waals surface area contributed by atoms with Crippen molar-refractivity contribution in [1.82, 2.24) is 9.97 Å². The maximum absolute atomic E-state index is 4.49. The lowest BCUT2D eigenvalue weighted by atomic mass is 10.0. The van der Waals surface area contributed by atoms with Crippen molar-refractivity contribution < 1.29 is 0 Å². The molecule has 0 fully saturated rings. The van der Waals surface area contributed by atoms with Crippen LogP contribution in [0, 0.1) is 6.07 Å². The van der Waals surface area contributed by atoms with Gasteiger partial charge in [-0.05, 0) is 30.0 Å². The summed E-state index contributed by atoms with van der Waals surface area (Å²) in [6.07, 6.45) is 10.2. The molecule has 0 bridgehead atoms. The second-order valence-electron chi connectivity index (χ2n) is 6.09. The summed E-state index contributed by atoms with van der Waals surface area (Å²) in [5.41, 5.74) is 4.65. The lowest BCUT2D eigenvalue weighted by Crippen LogP contribution is -1.90. The lowest BCUT2D eigenvalue weighted by Gasteiger charge is -2.05. The highest BCUT2D eigenvalue weighted by Gasteiger charge is 2.03. The third-order valence-corrected chi connectivity index (χ3v) is 4.23. The van der Waals surface area contributed by atoms with Gasteiger partial charge in [-0.1, -0.05) is 74.7 Å². The van der Waals surface area contributed by atoms with Crippen LogP contribution in [0.15, 0.2) is 60.9 Å². The molecule has 0 unspecified atom stereocenters. The Morgan fingerprint density at radius 3 is 2.12 bits per heavy atom. The molecule has 0 amide bonds. The Bertz CT molecular complexity index is 731. The molecule has 24 heavy (non-hydrogen) atoms. The van der Waals surface area contributed by atoms with E-state index in [1.54, 1.807) is 0 Å². The molecule has 2 nitrogen and oxygen atoms in total. The van der Waals surface area contributed by atoms with E-state index in [2.05, 4.69) is 47.2 Å². The van der Waals surface area contributed by atoms with Crippen LogP contribution in [0.4, 0.5) is 0 Å². The van der Waals surface area contributed by atoms with Crippen molar-refractivity contribution in [2.24, 2.45) is 0 Å². The van der Waals surface area contributed by atoms with Crippen LogP contribution < -0.4 is 0 Å². The van der Waals surface area contributed by atoms with E-state index in [9.17, 15) is 0 Å². The number of benzene rings is 2. The molecule has 2 heteroatoms. The molecule has 121 valence electrons. The highest BCUT2D eigenvalue weighted by molar-refractivity contribution is 5.63. The minimum Gasteiger partial charge on any atom is -0.236 e. The maximum atomic E-state index is 4.49. The van der Waals surface area contributed by atoms with Crippen molar-refractivity contribution in [3.8, 4) is 22.5 Å². The van der Waals surface area contributed by atoms with Crippen LogP contribution in [0.2, 0.25) is 0 Å². The van der Waals surface area contributed by atoms with Gasteiger partial charge in [-0.2, -0.15) is 0 Å². The number of hydrogen-bond acceptors (Lipinski definition) is 2. The quantitative estimate of drug-likeness (QED) is 0.520. The predicted octanol–water partition coefficient (Wildman–Crippen LogP) is 5.73. The van der Waals surface area contributed by atoms with Crippen LogP contribution >= 0.6 is 0 Å². The van der Waals surface area contributed by atoms with Gasteiger partial charge in [0.2, 0.25) is 0 Å². The molecule has 0 aliphatic heterocycles. The minimum atomic E-state index is 0.750. The van der Waals surface area contributed by atoms with Crippen LogP contribution in [-0.2, 0) is 6.42 Å². The number of rotatable bonds is 7. The van der Waals surface area contributed by atoms with Gasteiger partial charge in [-0.15, -0.1) is 0 Å². The highest BCUT2D eigenvalue weighted by Crippen LogP contribution is 2.21. The van der Waals surface area contributed by atoms with Gasteiger partial charge in [0.25, 0.3) is 0 Å². The number of aromatic nitrogens is 2. The fraction of sp³-hybridized carbons (Fsp3) is 0.273. The molecule has 0 spiro atoms. The largest absolute Gasteiger partial charge is 0.236 e. The van der Waals surface area contributed by atoms with Gasteiger partial charge in [-0.3, -0.25) is 0 Å². The Morgan fingerprint density at radius 2 is 1.46 bits per heavy atom. The van der Waals surface area contributed by atoms with Gasteiger partial charge in [0.1, 0.15) is 0 Å². The van der Waals surface area contributed by atoms with E-state index in [1.807, 2.05) is 36.7 Å². The predicted molar refractivity (Wildman–Crippen MR) is 99.6 cm³/mol. The third kappa shape index (κ3) is 4.29. The van der Waals surface area contributed by atoms with Crippen LogP contribution in [0.1, 0.15) is 38.2 Å². The molecule has 1 aromatic heterocycles. The second kappa shape index (κ2) is 8.39. The molecule has 2 aromatic carbocycles. The number of nitrogens with zero attached hydrogens (tertiary/aromatic N) is 2. The molecule has 3 rings (SSSR count). The Balaban J connectivity index is 1.66. The molecule has 1 heterocycles. The summed E-state index contributed by atoms with van der Waals surface area (Å²) < 4.78 is 0. The Kier molecular flexibility index (Phi) is 5.73. The molecule has 0 saturated heterocycles. The Morgan fingerprint density at radius 1 is 0.750 bits per heavy atom. The van der Waals surface area contributed by atoms with Crippen LogP contribution in [0.25, 0.3) is 22.5 Å². The van der Waals surface area contributed by atoms with Crippen molar-refractivity contribution in [2.75, 3.05) is 0 Å².